The molecule has 0 atom stereocenters. The van der Waals surface area contributed by atoms with Crippen molar-refractivity contribution in [1.82, 2.24) is 15.2 Å². The maximum atomic E-state index is 12.5. The number of aromatic nitrogens is 1. The van der Waals surface area contributed by atoms with E-state index in [1.165, 1.54) is 0 Å². The van der Waals surface area contributed by atoms with Crippen LogP contribution in [0.1, 0.15) is 27.0 Å². The van der Waals surface area contributed by atoms with Crippen LogP contribution < -0.4 is 10.1 Å². The van der Waals surface area contributed by atoms with E-state index in [1.54, 1.807) is 13.3 Å². The first kappa shape index (κ1) is 15.5. The van der Waals surface area contributed by atoms with E-state index < -0.39 is 0 Å². The molecule has 0 aliphatic carbocycles. The van der Waals surface area contributed by atoms with Crippen LogP contribution in [-0.2, 0) is 19.5 Å². The number of rotatable bonds is 4. The average molecular weight is 311 g/mol. The van der Waals surface area contributed by atoms with Gasteiger partial charge in [0.05, 0.1) is 12.7 Å². The van der Waals surface area contributed by atoms with Gasteiger partial charge in [0.15, 0.2) is 0 Å². The Morgan fingerprint density at radius 1 is 1.39 bits per heavy atom. The summed E-state index contributed by atoms with van der Waals surface area (Å²) in [5.74, 6) is 0.722. The van der Waals surface area contributed by atoms with Crippen LogP contribution in [0.5, 0.6) is 5.75 Å². The summed E-state index contributed by atoms with van der Waals surface area (Å²) in [6.07, 6.45) is 4.42. The van der Waals surface area contributed by atoms with Crippen molar-refractivity contribution in [2.24, 2.45) is 0 Å². The largest absolute Gasteiger partial charge is 0.497 e. The summed E-state index contributed by atoms with van der Waals surface area (Å²) in [5.41, 5.74) is 3.97. The SMILES string of the molecule is COc1cccc(CNC(=O)c2cncc3c2CCN(C)C3)c1. The molecule has 5 heteroatoms. The number of nitrogens with one attached hydrogen (secondary N) is 1. The molecule has 120 valence electrons. The van der Waals surface area contributed by atoms with E-state index in [-0.39, 0.29) is 5.91 Å². The van der Waals surface area contributed by atoms with Crippen LogP contribution in [0.15, 0.2) is 36.7 Å². The summed E-state index contributed by atoms with van der Waals surface area (Å²) in [6, 6.07) is 7.70. The van der Waals surface area contributed by atoms with E-state index in [9.17, 15) is 4.79 Å². The number of hydrogen-bond acceptors (Lipinski definition) is 4. The Morgan fingerprint density at radius 2 is 2.26 bits per heavy atom. The van der Waals surface area contributed by atoms with Crippen molar-refractivity contribution in [3.8, 4) is 5.75 Å². The topological polar surface area (TPSA) is 54.5 Å². The molecular weight excluding hydrogens is 290 g/mol. The Bertz CT molecular complexity index is 715. The van der Waals surface area contributed by atoms with Gasteiger partial charge < -0.3 is 15.0 Å². The number of amides is 1. The predicted octanol–water partition coefficient (Wildman–Crippen LogP) is 2.01. The molecule has 2 aromatic rings. The Balaban J connectivity index is 1.72. The summed E-state index contributed by atoms with van der Waals surface area (Å²) < 4.78 is 5.20. The van der Waals surface area contributed by atoms with Crippen LogP contribution in [0.2, 0.25) is 0 Å². The molecule has 0 spiro atoms. The molecule has 1 aromatic carbocycles. The smallest absolute Gasteiger partial charge is 0.253 e. The maximum absolute atomic E-state index is 12.5. The highest BCUT2D eigenvalue weighted by molar-refractivity contribution is 5.95. The van der Waals surface area contributed by atoms with Gasteiger partial charge in [-0.05, 0) is 42.3 Å². The van der Waals surface area contributed by atoms with Crippen molar-refractivity contribution < 1.29 is 9.53 Å². The summed E-state index contributed by atoms with van der Waals surface area (Å²) in [6.45, 7) is 2.28. The predicted molar refractivity (Wildman–Crippen MR) is 88.4 cm³/mol. The Morgan fingerprint density at radius 3 is 3.09 bits per heavy atom. The third-order valence-electron chi connectivity index (χ3n) is 4.16. The van der Waals surface area contributed by atoms with Crippen molar-refractivity contribution in [1.29, 1.82) is 0 Å². The number of ether oxygens (including phenoxy) is 1. The Kier molecular flexibility index (Phi) is 4.57. The second-order valence-corrected chi connectivity index (χ2v) is 5.85. The van der Waals surface area contributed by atoms with Crippen LogP contribution in [0.4, 0.5) is 0 Å². The first-order valence-corrected chi connectivity index (χ1v) is 7.73. The van der Waals surface area contributed by atoms with Crippen molar-refractivity contribution in [2.75, 3.05) is 20.7 Å². The highest BCUT2D eigenvalue weighted by atomic mass is 16.5. The van der Waals surface area contributed by atoms with Crippen molar-refractivity contribution in [2.45, 2.75) is 19.5 Å². The average Bonchev–Trinajstić information content (AvgIpc) is 2.59. The number of carbonyl (C=O) groups excluding carboxylic acids is 1. The fourth-order valence-electron chi connectivity index (χ4n) is 2.89. The number of pyridine rings is 1. The van der Waals surface area contributed by atoms with Crippen LogP contribution in [0.3, 0.4) is 0 Å². The quantitative estimate of drug-likeness (QED) is 0.938. The Labute approximate surface area is 136 Å². The van der Waals surface area contributed by atoms with Gasteiger partial charge in [0.1, 0.15) is 5.75 Å². The van der Waals surface area contributed by atoms with E-state index >= 15 is 0 Å². The molecule has 1 aliphatic heterocycles. The molecule has 0 unspecified atom stereocenters. The first-order chi connectivity index (χ1) is 11.2. The van der Waals surface area contributed by atoms with Gasteiger partial charge in [-0.1, -0.05) is 12.1 Å². The minimum atomic E-state index is -0.0678. The molecule has 0 radical (unpaired) electrons. The van der Waals surface area contributed by atoms with Gasteiger partial charge in [-0.2, -0.15) is 0 Å². The summed E-state index contributed by atoms with van der Waals surface area (Å²) in [7, 11) is 3.72. The normalized spacial score (nSPS) is 14.2. The molecule has 1 aliphatic rings. The zero-order valence-electron chi connectivity index (χ0n) is 13.5. The molecule has 1 aromatic heterocycles. The highest BCUT2D eigenvalue weighted by Crippen LogP contribution is 2.21. The monoisotopic (exact) mass is 311 g/mol. The summed E-state index contributed by atoms with van der Waals surface area (Å²) >= 11 is 0. The molecule has 2 heterocycles. The van der Waals surface area contributed by atoms with Crippen molar-refractivity contribution >= 4 is 5.91 Å². The maximum Gasteiger partial charge on any atom is 0.253 e. The van der Waals surface area contributed by atoms with E-state index in [2.05, 4.69) is 22.2 Å². The lowest BCUT2D eigenvalue weighted by atomic mass is 9.97. The zero-order valence-corrected chi connectivity index (χ0v) is 13.5. The van der Waals surface area contributed by atoms with Crippen LogP contribution in [0.25, 0.3) is 0 Å². The summed E-state index contributed by atoms with van der Waals surface area (Å²) in [5, 5.41) is 2.98. The number of methoxy groups -OCH3 is 1. The minimum absolute atomic E-state index is 0.0678. The van der Waals surface area contributed by atoms with Crippen molar-refractivity contribution in [3.63, 3.8) is 0 Å². The van der Waals surface area contributed by atoms with Crippen molar-refractivity contribution in [3.05, 3.63) is 58.9 Å². The molecule has 3 rings (SSSR count). The molecule has 5 nitrogen and oxygen atoms in total. The molecule has 23 heavy (non-hydrogen) atoms. The number of hydrogen-bond donors (Lipinski definition) is 1. The number of nitrogens with zero attached hydrogens (tertiary/aromatic N) is 2. The van der Waals surface area contributed by atoms with Gasteiger partial charge >= 0.3 is 0 Å². The van der Waals surface area contributed by atoms with E-state index in [0.29, 0.717) is 12.1 Å². The third-order valence-corrected chi connectivity index (χ3v) is 4.16. The van der Waals surface area contributed by atoms with Crippen LogP contribution >= 0.6 is 0 Å². The van der Waals surface area contributed by atoms with Gasteiger partial charge in [0, 0.05) is 32.0 Å². The van der Waals surface area contributed by atoms with E-state index in [4.69, 9.17) is 4.74 Å². The number of carbonyl (C=O) groups is 1. The van der Waals surface area contributed by atoms with Gasteiger partial charge in [-0.3, -0.25) is 9.78 Å². The molecule has 0 saturated carbocycles. The lowest BCUT2D eigenvalue weighted by Gasteiger charge is -2.26. The molecule has 0 bridgehead atoms. The zero-order chi connectivity index (χ0) is 16.2. The van der Waals surface area contributed by atoms with Crippen LogP contribution in [-0.4, -0.2) is 36.5 Å². The fraction of sp³-hybridized carbons (Fsp3) is 0.333. The number of benzene rings is 1. The lowest BCUT2D eigenvalue weighted by Crippen LogP contribution is -2.30. The van der Waals surface area contributed by atoms with E-state index in [1.807, 2.05) is 30.5 Å². The van der Waals surface area contributed by atoms with Gasteiger partial charge in [-0.25, -0.2) is 0 Å². The molecule has 1 N–H and O–H groups in total. The minimum Gasteiger partial charge on any atom is -0.497 e. The second-order valence-electron chi connectivity index (χ2n) is 5.85. The molecule has 0 saturated heterocycles. The molecule has 0 fully saturated rings. The third kappa shape index (κ3) is 3.51. The summed E-state index contributed by atoms with van der Waals surface area (Å²) in [4.78, 5) is 19.0. The van der Waals surface area contributed by atoms with Gasteiger partial charge in [0.25, 0.3) is 5.91 Å². The van der Waals surface area contributed by atoms with Gasteiger partial charge in [-0.15, -0.1) is 0 Å². The fourth-order valence-corrected chi connectivity index (χ4v) is 2.89. The first-order valence-electron chi connectivity index (χ1n) is 7.73. The van der Waals surface area contributed by atoms with E-state index in [0.717, 1.165) is 42.0 Å². The highest BCUT2D eigenvalue weighted by Gasteiger charge is 2.20. The second kappa shape index (κ2) is 6.79. The van der Waals surface area contributed by atoms with Gasteiger partial charge in [0.2, 0.25) is 0 Å². The Hall–Kier alpha value is -2.40. The molecule has 1 amide bonds. The number of likely N-dealkylation sites (N-methyl/N-ethyl adjacent to an activating group) is 1. The number of fused-ring (bicyclic) bond motifs is 1. The van der Waals surface area contributed by atoms with Crippen LogP contribution in [0, 0.1) is 0 Å². The lowest BCUT2D eigenvalue weighted by molar-refractivity contribution is 0.0948. The molecular formula is C18H21N3O2. The standard InChI is InChI=1S/C18H21N3O2/c1-21-7-6-16-14(12-21)10-19-11-17(16)18(22)20-9-13-4-3-5-15(8-13)23-2/h3-5,8,10-11H,6-7,9,12H2,1-2H3,(H,20,22).